The van der Waals surface area contributed by atoms with E-state index in [1.165, 1.54) is 5.56 Å². The van der Waals surface area contributed by atoms with E-state index in [4.69, 9.17) is 0 Å². The highest BCUT2D eigenvalue weighted by molar-refractivity contribution is 14.0. The highest BCUT2D eigenvalue weighted by Crippen LogP contribution is 2.20. The highest BCUT2D eigenvalue weighted by Gasteiger charge is 2.24. The van der Waals surface area contributed by atoms with Gasteiger partial charge in [0.05, 0.1) is 6.26 Å². The SMILES string of the molecule is CN=C(NCCNS(C)(=O)=O)N1CCC(Cc2ccccc2)C1.I. The van der Waals surface area contributed by atoms with E-state index >= 15 is 0 Å². The summed E-state index contributed by atoms with van der Waals surface area (Å²) in [5.41, 5.74) is 1.37. The van der Waals surface area contributed by atoms with Crippen molar-refractivity contribution in [3.05, 3.63) is 35.9 Å². The predicted octanol–water partition coefficient (Wildman–Crippen LogP) is 1.29. The van der Waals surface area contributed by atoms with E-state index < -0.39 is 10.0 Å². The number of halogens is 1. The third-order valence-corrected chi connectivity index (χ3v) is 4.67. The van der Waals surface area contributed by atoms with Crippen molar-refractivity contribution in [2.45, 2.75) is 12.8 Å². The number of aliphatic imine (C=N–C) groups is 1. The molecule has 1 fully saturated rings. The van der Waals surface area contributed by atoms with Gasteiger partial charge in [0.2, 0.25) is 10.0 Å². The monoisotopic (exact) mass is 466 g/mol. The number of nitrogens with zero attached hydrogens (tertiary/aromatic N) is 2. The van der Waals surface area contributed by atoms with Crippen LogP contribution in [0.4, 0.5) is 0 Å². The van der Waals surface area contributed by atoms with Crippen molar-refractivity contribution in [2.75, 3.05) is 39.5 Å². The lowest BCUT2D eigenvalue weighted by Crippen LogP contribution is -2.43. The Balaban J connectivity index is 0.00000288. The molecule has 1 saturated heterocycles. The molecule has 0 aromatic heterocycles. The Morgan fingerprint density at radius 2 is 2.00 bits per heavy atom. The summed E-state index contributed by atoms with van der Waals surface area (Å²) in [5, 5.41) is 3.22. The van der Waals surface area contributed by atoms with Gasteiger partial charge in [-0.3, -0.25) is 4.99 Å². The number of likely N-dealkylation sites (tertiary alicyclic amines) is 1. The first-order valence-corrected chi connectivity index (χ1v) is 9.81. The van der Waals surface area contributed by atoms with Crippen molar-refractivity contribution in [1.29, 1.82) is 0 Å². The van der Waals surface area contributed by atoms with Gasteiger partial charge in [-0.2, -0.15) is 0 Å². The van der Waals surface area contributed by atoms with Gasteiger partial charge in [-0.1, -0.05) is 30.3 Å². The van der Waals surface area contributed by atoms with E-state index in [-0.39, 0.29) is 24.0 Å². The van der Waals surface area contributed by atoms with Gasteiger partial charge in [-0.15, -0.1) is 24.0 Å². The Kier molecular flexibility index (Phi) is 8.99. The van der Waals surface area contributed by atoms with Crippen molar-refractivity contribution >= 4 is 40.0 Å². The van der Waals surface area contributed by atoms with Crippen LogP contribution in [0.1, 0.15) is 12.0 Å². The summed E-state index contributed by atoms with van der Waals surface area (Å²) < 4.78 is 24.5. The number of sulfonamides is 1. The molecule has 6 nitrogen and oxygen atoms in total. The molecule has 0 spiro atoms. The lowest BCUT2D eigenvalue weighted by Gasteiger charge is -2.21. The van der Waals surface area contributed by atoms with Gasteiger partial charge in [0.25, 0.3) is 0 Å². The van der Waals surface area contributed by atoms with E-state index in [1.807, 2.05) is 6.07 Å². The Hall–Kier alpha value is -0.870. The van der Waals surface area contributed by atoms with Gasteiger partial charge in [0.15, 0.2) is 5.96 Å². The zero-order chi connectivity index (χ0) is 16.7. The zero-order valence-corrected chi connectivity index (χ0v) is 17.4. The number of rotatable bonds is 6. The van der Waals surface area contributed by atoms with Crippen LogP contribution in [-0.4, -0.2) is 58.8 Å². The van der Waals surface area contributed by atoms with Gasteiger partial charge >= 0.3 is 0 Å². The third kappa shape index (κ3) is 7.35. The molecule has 136 valence electrons. The fourth-order valence-electron chi connectivity index (χ4n) is 2.88. The van der Waals surface area contributed by atoms with Crippen LogP contribution >= 0.6 is 24.0 Å². The average Bonchev–Trinajstić information content (AvgIpc) is 2.95. The van der Waals surface area contributed by atoms with Crippen LogP contribution in [-0.2, 0) is 16.4 Å². The van der Waals surface area contributed by atoms with Gasteiger partial charge in [-0.05, 0) is 24.3 Å². The first-order chi connectivity index (χ1) is 11.0. The van der Waals surface area contributed by atoms with Gasteiger partial charge in [-0.25, -0.2) is 13.1 Å². The van der Waals surface area contributed by atoms with Gasteiger partial charge < -0.3 is 10.2 Å². The molecule has 1 aromatic carbocycles. The van der Waals surface area contributed by atoms with Crippen LogP contribution in [0.15, 0.2) is 35.3 Å². The Labute approximate surface area is 162 Å². The van der Waals surface area contributed by atoms with E-state index in [9.17, 15) is 8.42 Å². The lowest BCUT2D eigenvalue weighted by atomic mass is 9.99. The van der Waals surface area contributed by atoms with Crippen LogP contribution in [0.2, 0.25) is 0 Å². The third-order valence-electron chi connectivity index (χ3n) is 3.94. The highest BCUT2D eigenvalue weighted by atomic mass is 127. The predicted molar refractivity (Wildman–Crippen MR) is 109 cm³/mol. The molecule has 8 heteroatoms. The fraction of sp³-hybridized carbons (Fsp3) is 0.562. The average molecular weight is 466 g/mol. The molecule has 0 amide bonds. The molecule has 0 radical (unpaired) electrons. The maximum Gasteiger partial charge on any atom is 0.208 e. The molecular weight excluding hydrogens is 439 g/mol. The first-order valence-electron chi connectivity index (χ1n) is 7.92. The minimum absolute atomic E-state index is 0. The minimum Gasteiger partial charge on any atom is -0.355 e. The molecule has 1 aliphatic heterocycles. The van der Waals surface area contributed by atoms with E-state index in [0.29, 0.717) is 19.0 Å². The topological polar surface area (TPSA) is 73.8 Å². The minimum atomic E-state index is -3.13. The summed E-state index contributed by atoms with van der Waals surface area (Å²) in [6, 6.07) is 10.6. The van der Waals surface area contributed by atoms with E-state index in [1.54, 1.807) is 7.05 Å². The fourth-order valence-corrected chi connectivity index (χ4v) is 3.35. The smallest absolute Gasteiger partial charge is 0.208 e. The van der Waals surface area contributed by atoms with Crippen molar-refractivity contribution < 1.29 is 8.42 Å². The quantitative estimate of drug-likeness (QED) is 0.287. The van der Waals surface area contributed by atoms with Crippen molar-refractivity contribution in [3.8, 4) is 0 Å². The van der Waals surface area contributed by atoms with Crippen molar-refractivity contribution in [2.24, 2.45) is 10.9 Å². The Bertz CT molecular complexity index is 622. The van der Waals surface area contributed by atoms with Crippen LogP contribution in [0.5, 0.6) is 0 Å². The molecule has 1 heterocycles. The zero-order valence-electron chi connectivity index (χ0n) is 14.2. The van der Waals surface area contributed by atoms with Crippen LogP contribution < -0.4 is 10.0 Å². The molecule has 1 atom stereocenters. The molecule has 1 aromatic rings. The number of hydrogen-bond donors (Lipinski definition) is 2. The number of guanidine groups is 1. The second-order valence-corrected chi connectivity index (χ2v) is 7.76. The van der Waals surface area contributed by atoms with Gasteiger partial charge in [0, 0.05) is 33.2 Å². The molecule has 0 aliphatic carbocycles. The maximum atomic E-state index is 11.0. The van der Waals surface area contributed by atoms with Crippen molar-refractivity contribution in [1.82, 2.24) is 14.9 Å². The normalized spacial score (nSPS) is 18.3. The second kappa shape index (κ2) is 10.2. The summed E-state index contributed by atoms with van der Waals surface area (Å²) in [4.78, 5) is 6.54. The first kappa shape index (κ1) is 21.2. The molecule has 1 unspecified atom stereocenters. The Morgan fingerprint density at radius 1 is 1.29 bits per heavy atom. The lowest BCUT2D eigenvalue weighted by molar-refractivity contribution is 0.460. The number of hydrogen-bond acceptors (Lipinski definition) is 3. The molecule has 2 N–H and O–H groups in total. The molecule has 2 rings (SSSR count). The van der Waals surface area contributed by atoms with Crippen LogP contribution in [0.3, 0.4) is 0 Å². The Morgan fingerprint density at radius 3 is 2.62 bits per heavy atom. The standard InChI is InChI=1S/C16H26N4O2S.HI/c1-17-16(18-9-10-19-23(2,21)22)20-11-8-15(13-20)12-14-6-4-3-5-7-14;/h3-7,15,19H,8-13H2,1-2H3,(H,17,18);1H. The van der Waals surface area contributed by atoms with Gasteiger partial charge in [0.1, 0.15) is 0 Å². The molecular formula is C16H27IN4O2S. The summed E-state index contributed by atoms with van der Waals surface area (Å²) >= 11 is 0. The molecule has 0 saturated carbocycles. The summed E-state index contributed by atoms with van der Waals surface area (Å²) in [5.74, 6) is 1.47. The molecule has 0 bridgehead atoms. The van der Waals surface area contributed by atoms with Crippen molar-refractivity contribution in [3.63, 3.8) is 0 Å². The maximum absolute atomic E-state index is 11.0. The molecule has 24 heavy (non-hydrogen) atoms. The van der Waals surface area contributed by atoms with Crippen LogP contribution in [0, 0.1) is 5.92 Å². The van der Waals surface area contributed by atoms with E-state index in [2.05, 4.69) is 44.2 Å². The largest absolute Gasteiger partial charge is 0.355 e. The van der Waals surface area contributed by atoms with Crippen LogP contribution in [0.25, 0.3) is 0 Å². The summed E-state index contributed by atoms with van der Waals surface area (Å²) in [7, 11) is -1.37. The molecule has 1 aliphatic rings. The second-order valence-electron chi connectivity index (χ2n) is 5.93. The van der Waals surface area contributed by atoms with E-state index in [0.717, 1.165) is 38.1 Å². The summed E-state index contributed by atoms with van der Waals surface area (Å²) in [6.45, 7) is 2.85. The number of benzene rings is 1. The number of nitrogens with one attached hydrogen (secondary N) is 2. The summed E-state index contributed by atoms with van der Waals surface area (Å²) in [6.07, 6.45) is 3.40.